The Labute approximate surface area is 142 Å². The van der Waals surface area contributed by atoms with Gasteiger partial charge in [-0.05, 0) is 43.1 Å². The average molecular weight is 351 g/mol. The standard InChI is InChI=1S/C15H18FN5O2S/c1-3-10(15(18)23)19-12-6-11(8(14(17)22)5-9(12)16)20-13-4-7(2)21-24-13/h4-6,10,19-20H,3H2,1-2H3,(H2,17,22)(H2,18,23). The van der Waals surface area contributed by atoms with E-state index in [1.54, 1.807) is 13.0 Å². The molecule has 0 saturated carbocycles. The van der Waals surface area contributed by atoms with Crippen LogP contribution in [0.1, 0.15) is 29.4 Å². The van der Waals surface area contributed by atoms with Crippen molar-refractivity contribution in [3.05, 3.63) is 35.3 Å². The van der Waals surface area contributed by atoms with Gasteiger partial charge in [-0.1, -0.05) is 6.92 Å². The Morgan fingerprint density at radius 3 is 2.50 bits per heavy atom. The first kappa shape index (κ1) is 17.7. The predicted octanol–water partition coefficient (Wildman–Crippen LogP) is 2.11. The van der Waals surface area contributed by atoms with Crippen molar-refractivity contribution in [3.8, 4) is 0 Å². The molecular weight excluding hydrogens is 333 g/mol. The minimum Gasteiger partial charge on any atom is -0.371 e. The first-order valence-corrected chi connectivity index (χ1v) is 7.98. The number of anilines is 3. The minimum absolute atomic E-state index is 0.00349. The molecule has 2 amide bonds. The summed E-state index contributed by atoms with van der Waals surface area (Å²) in [5, 5.41) is 6.41. The first-order chi connectivity index (χ1) is 11.3. The predicted molar refractivity (Wildman–Crippen MR) is 91.9 cm³/mol. The zero-order valence-corrected chi connectivity index (χ0v) is 14.0. The maximum Gasteiger partial charge on any atom is 0.250 e. The highest BCUT2D eigenvalue weighted by molar-refractivity contribution is 7.10. The van der Waals surface area contributed by atoms with Crippen LogP contribution in [-0.4, -0.2) is 22.2 Å². The number of benzene rings is 1. The number of aromatic nitrogens is 1. The number of amides is 2. The summed E-state index contributed by atoms with van der Waals surface area (Å²) < 4.78 is 18.4. The van der Waals surface area contributed by atoms with E-state index in [1.165, 1.54) is 17.6 Å². The molecule has 6 N–H and O–H groups in total. The summed E-state index contributed by atoms with van der Waals surface area (Å²) in [5.74, 6) is -2.07. The SMILES string of the molecule is CCC(Nc1cc(Nc2cc(C)ns2)c(C(N)=O)cc1F)C(N)=O. The molecule has 24 heavy (non-hydrogen) atoms. The molecule has 1 aromatic heterocycles. The fourth-order valence-corrected chi connectivity index (χ4v) is 2.78. The third-order valence-electron chi connectivity index (χ3n) is 3.34. The number of halogens is 1. The quantitative estimate of drug-likeness (QED) is 0.608. The van der Waals surface area contributed by atoms with Gasteiger partial charge in [0.1, 0.15) is 16.9 Å². The topological polar surface area (TPSA) is 123 Å². The van der Waals surface area contributed by atoms with E-state index < -0.39 is 23.7 Å². The molecule has 0 spiro atoms. The number of nitrogens with one attached hydrogen (secondary N) is 2. The third-order valence-corrected chi connectivity index (χ3v) is 4.14. The van der Waals surface area contributed by atoms with Crippen LogP contribution in [0.2, 0.25) is 0 Å². The van der Waals surface area contributed by atoms with Crippen LogP contribution >= 0.6 is 11.5 Å². The van der Waals surface area contributed by atoms with E-state index in [0.29, 0.717) is 17.1 Å². The molecule has 1 atom stereocenters. The van der Waals surface area contributed by atoms with Crippen molar-refractivity contribution < 1.29 is 14.0 Å². The Balaban J connectivity index is 2.41. The van der Waals surface area contributed by atoms with Crippen molar-refractivity contribution in [1.82, 2.24) is 4.37 Å². The van der Waals surface area contributed by atoms with Crippen LogP contribution < -0.4 is 22.1 Å². The lowest BCUT2D eigenvalue weighted by Crippen LogP contribution is -2.35. The zero-order chi connectivity index (χ0) is 17.9. The maximum absolute atomic E-state index is 14.2. The summed E-state index contributed by atoms with van der Waals surface area (Å²) in [7, 11) is 0. The molecule has 2 rings (SSSR count). The average Bonchev–Trinajstić information content (AvgIpc) is 2.91. The molecule has 0 aliphatic heterocycles. The van der Waals surface area contributed by atoms with E-state index in [2.05, 4.69) is 15.0 Å². The summed E-state index contributed by atoms with van der Waals surface area (Å²) in [4.78, 5) is 22.9. The van der Waals surface area contributed by atoms with Crippen molar-refractivity contribution in [2.75, 3.05) is 10.6 Å². The number of hydrogen-bond acceptors (Lipinski definition) is 6. The Bertz CT molecular complexity index is 777. The van der Waals surface area contributed by atoms with Crippen LogP contribution in [0, 0.1) is 12.7 Å². The van der Waals surface area contributed by atoms with Gasteiger partial charge in [-0.3, -0.25) is 9.59 Å². The molecular formula is C15H18FN5O2S. The zero-order valence-electron chi connectivity index (χ0n) is 13.2. The molecule has 7 nitrogen and oxygen atoms in total. The van der Waals surface area contributed by atoms with Gasteiger partial charge in [0, 0.05) is 0 Å². The van der Waals surface area contributed by atoms with Crippen LogP contribution in [-0.2, 0) is 4.79 Å². The largest absolute Gasteiger partial charge is 0.371 e. The number of rotatable bonds is 7. The molecule has 9 heteroatoms. The van der Waals surface area contributed by atoms with Gasteiger partial charge in [0.05, 0.1) is 22.6 Å². The Kier molecular flexibility index (Phi) is 5.35. The highest BCUT2D eigenvalue weighted by atomic mass is 32.1. The van der Waals surface area contributed by atoms with Gasteiger partial charge in [0.2, 0.25) is 5.91 Å². The van der Waals surface area contributed by atoms with E-state index in [1.807, 2.05) is 6.92 Å². The number of aryl methyl sites for hydroxylation is 1. The molecule has 1 heterocycles. The van der Waals surface area contributed by atoms with Crippen molar-refractivity contribution in [2.24, 2.45) is 11.5 Å². The Morgan fingerprint density at radius 1 is 1.29 bits per heavy atom. The van der Waals surface area contributed by atoms with E-state index >= 15 is 0 Å². The number of nitrogens with zero attached hydrogens (tertiary/aromatic N) is 1. The smallest absolute Gasteiger partial charge is 0.250 e. The van der Waals surface area contributed by atoms with Gasteiger partial charge in [0.15, 0.2) is 0 Å². The number of primary amides is 2. The normalized spacial score (nSPS) is 11.8. The Hall–Kier alpha value is -2.68. The van der Waals surface area contributed by atoms with Gasteiger partial charge in [-0.15, -0.1) is 0 Å². The van der Waals surface area contributed by atoms with E-state index in [0.717, 1.165) is 11.8 Å². The van der Waals surface area contributed by atoms with E-state index in [4.69, 9.17) is 11.5 Å². The second-order valence-electron chi connectivity index (χ2n) is 5.21. The third kappa shape index (κ3) is 3.99. The number of nitrogens with two attached hydrogens (primary N) is 2. The maximum atomic E-state index is 14.2. The van der Waals surface area contributed by atoms with Gasteiger partial charge >= 0.3 is 0 Å². The first-order valence-electron chi connectivity index (χ1n) is 7.21. The summed E-state index contributed by atoms with van der Waals surface area (Å²) >= 11 is 1.20. The molecule has 2 aromatic rings. The molecule has 0 radical (unpaired) electrons. The lowest BCUT2D eigenvalue weighted by Gasteiger charge is -2.17. The van der Waals surface area contributed by atoms with E-state index in [9.17, 15) is 14.0 Å². The van der Waals surface area contributed by atoms with Crippen LogP contribution in [0.5, 0.6) is 0 Å². The van der Waals surface area contributed by atoms with Crippen LogP contribution in [0.4, 0.5) is 20.8 Å². The molecule has 0 bridgehead atoms. The summed E-state index contributed by atoms with van der Waals surface area (Å²) in [6.07, 6.45) is 0.392. The molecule has 128 valence electrons. The fraction of sp³-hybridized carbons (Fsp3) is 0.267. The lowest BCUT2D eigenvalue weighted by molar-refractivity contribution is -0.118. The van der Waals surface area contributed by atoms with E-state index in [-0.39, 0.29) is 11.3 Å². The van der Waals surface area contributed by atoms with Crippen LogP contribution in [0.15, 0.2) is 18.2 Å². The molecule has 0 fully saturated rings. The highest BCUT2D eigenvalue weighted by Gasteiger charge is 2.19. The number of carbonyl (C=O) groups excluding carboxylic acids is 2. The minimum atomic E-state index is -0.772. The number of carbonyl (C=O) groups is 2. The van der Waals surface area contributed by atoms with Crippen molar-refractivity contribution in [2.45, 2.75) is 26.3 Å². The van der Waals surface area contributed by atoms with Gasteiger partial charge < -0.3 is 22.1 Å². The molecule has 0 aliphatic carbocycles. The molecule has 1 unspecified atom stereocenters. The van der Waals surface area contributed by atoms with Crippen molar-refractivity contribution in [1.29, 1.82) is 0 Å². The lowest BCUT2D eigenvalue weighted by atomic mass is 10.1. The molecule has 0 aliphatic rings. The summed E-state index contributed by atoms with van der Waals surface area (Å²) in [6, 6.07) is 3.46. The summed E-state index contributed by atoms with van der Waals surface area (Å²) in [5.41, 5.74) is 11.8. The van der Waals surface area contributed by atoms with Crippen LogP contribution in [0.3, 0.4) is 0 Å². The highest BCUT2D eigenvalue weighted by Crippen LogP contribution is 2.29. The number of hydrogen-bond donors (Lipinski definition) is 4. The molecule has 1 aromatic carbocycles. The molecule has 0 saturated heterocycles. The fourth-order valence-electron chi connectivity index (χ4n) is 2.11. The second-order valence-corrected chi connectivity index (χ2v) is 6.01. The van der Waals surface area contributed by atoms with Crippen molar-refractivity contribution >= 4 is 39.7 Å². The van der Waals surface area contributed by atoms with Crippen LogP contribution in [0.25, 0.3) is 0 Å². The van der Waals surface area contributed by atoms with Crippen molar-refractivity contribution in [3.63, 3.8) is 0 Å². The van der Waals surface area contributed by atoms with Gasteiger partial charge in [-0.25, -0.2) is 4.39 Å². The van der Waals surface area contributed by atoms with Gasteiger partial charge in [-0.2, -0.15) is 4.37 Å². The second kappa shape index (κ2) is 7.26. The van der Waals surface area contributed by atoms with Gasteiger partial charge in [0.25, 0.3) is 5.91 Å². The Morgan fingerprint density at radius 2 is 2.00 bits per heavy atom. The monoisotopic (exact) mass is 351 g/mol. The summed E-state index contributed by atoms with van der Waals surface area (Å²) in [6.45, 7) is 3.57.